The molecule has 0 radical (unpaired) electrons. The molecule has 0 spiro atoms. The number of carbonyl (C=O) groups excluding carboxylic acids is 1. The van der Waals surface area contributed by atoms with Gasteiger partial charge in [-0.2, -0.15) is 23.4 Å². The van der Waals surface area contributed by atoms with Gasteiger partial charge in [0.25, 0.3) is 5.56 Å². The number of methoxy groups -OCH3 is 1. The Morgan fingerprint density at radius 3 is 2.48 bits per heavy atom. The molecule has 12 heteroatoms. The summed E-state index contributed by atoms with van der Waals surface area (Å²) in [6.07, 6.45) is -3.62. The minimum atomic E-state index is -4.83. The first-order valence-electron chi connectivity index (χ1n) is 10.1. The minimum absolute atomic E-state index is 0.0115. The van der Waals surface area contributed by atoms with Crippen molar-refractivity contribution in [2.75, 3.05) is 26.9 Å². The van der Waals surface area contributed by atoms with Crippen LogP contribution in [0.3, 0.4) is 0 Å². The lowest BCUT2D eigenvalue weighted by molar-refractivity contribution is -0.144. The number of fused-ring (bicyclic) bond motifs is 1. The van der Waals surface area contributed by atoms with E-state index in [-0.39, 0.29) is 44.8 Å². The lowest BCUT2D eigenvalue weighted by Gasteiger charge is -2.08. The molecule has 0 aliphatic heterocycles. The zero-order chi connectivity index (χ0) is 24.0. The van der Waals surface area contributed by atoms with E-state index in [9.17, 15) is 22.8 Å². The first-order valence-corrected chi connectivity index (χ1v) is 10.1. The van der Waals surface area contributed by atoms with Gasteiger partial charge >= 0.3 is 12.1 Å². The third kappa shape index (κ3) is 5.89. The third-order valence-corrected chi connectivity index (χ3v) is 4.72. The lowest BCUT2D eigenvalue weighted by atomic mass is 10.2. The molecule has 33 heavy (non-hydrogen) atoms. The van der Waals surface area contributed by atoms with Crippen molar-refractivity contribution in [2.45, 2.75) is 32.6 Å². The van der Waals surface area contributed by atoms with E-state index in [2.05, 4.69) is 10.2 Å². The molecule has 178 valence electrons. The summed E-state index contributed by atoms with van der Waals surface area (Å²) in [7, 11) is 1.51. The van der Waals surface area contributed by atoms with Crippen molar-refractivity contribution in [3.8, 4) is 5.75 Å². The largest absolute Gasteiger partial charge is 0.497 e. The Hall–Kier alpha value is -3.41. The van der Waals surface area contributed by atoms with Crippen LogP contribution in [0, 0.1) is 0 Å². The minimum Gasteiger partial charge on any atom is -0.497 e. The Bertz CT molecular complexity index is 1160. The van der Waals surface area contributed by atoms with Crippen LogP contribution in [0.1, 0.15) is 24.6 Å². The summed E-state index contributed by atoms with van der Waals surface area (Å²) in [6, 6.07) is 6.75. The van der Waals surface area contributed by atoms with E-state index >= 15 is 0 Å². The average Bonchev–Trinajstić information content (AvgIpc) is 3.16. The van der Waals surface area contributed by atoms with Crippen LogP contribution >= 0.6 is 0 Å². The first kappa shape index (κ1) is 24.2. The maximum absolute atomic E-state index is 13.6. The summed E-state index contributed by atoms with van der Waals surface area (Å²) in [5, 5.41) is 7.08. The molecule has 0 fully saturated rings. The van der Waals surface area contributed by atoms with E-state index in [4.69, 9.17) is 14.2 Å². The van der Waals surface area contributed by atoms with Gasteiger partial charge in [0.2, 0.25) is 0 Å². The predicted octanol–water partition coefficient (Wildman–Crippen LogP) is 2.64. The van der Waals surface area contributed by atoms with E-state index in [1.54, 1.807) is 31.2 Å². The fraction of sp³-hybridized carbons (Fsp3) is 0.429. The Morgan fingerprint density at radius 2 is 1.85 bits per heavy atom. The van der Waals surface area contributed by atoms with Crippen molar-refractivity contribution in [1.29, 1.82) is 0 Å². The molecule has 0 unspecified atom stereocenters. The van der Waals surface area contributed by atoms with Crippen LogP contribution in [0.15, 0.2) is 35.3 Å². The highest BCUT2D eigenvalue weighted by atomic mass is 19.4. The number of ether oxygens (including phenoxy) is 3. The van der Waals surface area contributed by atoms with E-state index < -0.39 is 28.8 Å². The number of halogens is 3. The highest BCUT2D eigenvalue weighted by molar-refractivity contribution is 5.80. The number of carbonyl (C=O) groups is 1. The molecule has 0 saturated carbocycles. The number of rotatable bonds is 10. The molecule has 3 aromatic rings. The van der Waals surface area contributed by atoms with Crippen molar-refractivity contribution in [2.24, 2.45) is 0 Å². The van der Waals surface area contributed by atoms with E-state index in [0.29, 0.717) is 11.3 Å². The quantitative estimate of drug-likeness (QED) is 0.333. The molecule has 2 heterocycles. The number of benzene rings is 1. The molecule has 2 aromatic heterocycles. The van der Waals surface area contributed by atoms with Gasteiger partial charge in [-0.15, -0.1) is 0 Å². The SMILES string of the molecule is CCOC(=O)CCOCCn1nc(C(F)(F)F)c2c(=O)n(Cc3ccc(OC)cc3)ncc21. The standard InChI is InChI=1S/C21H23F3N4O5/c1-3-33-17(29)8-10-32-11-9-27-16-12-25-28(13-14-4-6-15(31-2)7-5-14)20(30)18(16)19(26-27)21(22,23)24/h4-7,12H,3,8-11,13H2,1-2H3. The number of alkyl halides is 3. The molecule has 9 nitrogen and oxygen atoms in total. The fourth-order valence-corrected chi connectivity index (χ4v) is 3.15. The lowest BCUT2D eigenvalue weighted by Crippen LogP contribution is -2.25. The molecule has 0 bridgehead atoms. The van der Waals surface area contributed by atoms with Gasteiger partial charge in [-0.05, 0) is 24.6 Å². The number of nitrogens with zero attached hydrogens (tertiary/aromatic N) is 4. The molecular weight excluding hydrogens is 445 g/mol. The Morgan fingerprint density at radius 1 is 1.12 bits per heavy atom. The highest BCUT2D eigenvalue weighted by Crippen LogP contribution is 2.32. The van der Waals surface area contributed by atoms with Gasteiger partial charge in [0.1, 0.15) is 11.1 Å². The molecule has 0 atom stereocenters. The van der Waals surface area contributed by atoms with Gasteiger partial charge in [-0.25, -0.2) is 4.68 Å². The summed E-state index contributed by atoms with van der Waals surface area (Å²) in [5.41, 5.74) is -1.56. The molecular formula is C21H23F3N4O5. The summed E-state index contributed by atoms with van der Waals surface area (Å²) in [5.74, 6) is 0.183. The van der Waals surface area contributed by atoms with Gasteiger partial charge in [-0.3, -0.25) is 14.3 Å². The van der Waals surface area contributed by atoms with Gasteiger partial charge < -0.3 is 14.2 Å². The normalized spacial score (nSPS) is 11.7. The second-order valence-electron chi connectivity index (χ2n) is 6.95. The molecule has 0 N–H and O–H groups in total. The predicted molar refractivity (Wildman–Crippen MR) is 111 cm³/mol. The van der Waals surface area contributed by atoms with Crippen LogP contribution in [0.25, 0.3) is 10.9 Å². The number of esters is 1. The van der Waals surface area contributed by atoms with Gasteiger partial charge in [0.15, 0.2) is 5.69 Å². The molecule has 3 rings (SSSR count). The number of aromatic nitrogens is 4. The topological polar surface area (TPSA) is 97.5 Å². The third-order valence-electron chi connectivity index (χ3n) is 4.72. The fourth-order valence-electron chi connectivity index (χ4n) is 3.15. The molecule has 0 aliphatic carbocycles. The number of hydrogen-bond donors (Lipinski definition) is 0. The Kier molecular flexibility index (Phi) is 7.69. The summed E-state index contributed by atoms with van der Waals surface area (Å²) < 4.78 is 58.0. The average molecular weight is 468 g/mol. The monoisotopic (exact) mass is 468 g/mol. The molecule has 0 aliphatic rings. The van der Waals surface area contributed by atoms with Crippen molar-refractivity contribution < 1.29 is 32.2 Å². The molecule has 1 aromatic carbocycles. The summed E-state index contributed by atoms with van der Waals surface area (Å²) >= 11 is 0. The van der Waals surface area contributed by atoms with Gasteiger partial charge in [0.05, 0.1) is 58.2 Å². The van der Waals surface area contributed by atoms with Crippen LogP contribution in [0.2, 0.25) is 0 Å². The first-order chi connectivity index (χ1) is 15.7. The highest BCUT2D eigenvalue weighted by Gasteiger charge is 2.38. The van der Waals surface area contributed by atoms with Gasteiger partial charge in [-0.1, -0.05) is 12.1 Å². The van der Waals surface area contributed by atoms with Crippen LogP contribution in [0.4, 0.5) is 13.2 Å². The zero-order valence-corrected chi connectivity index (χ0v) is 18.1. The van der Waals surface area contributed by atoms with Crippen LogP contribution in [-0.4, -0.2) is 52.5 Å². The van der Waals surface area contributed by atoms with Crippen molar-refractivity contribution in [3.05, 3.63) is 52.1 Å². The second kappa shape index (κ2) is 10.5. The van der Waals surface area contributed by atoms with Crippen molar-refractivity contribution in [1.82, 2.24) is 19.6 Å². The maximum Gasteiger partial charge on any atom is 0.435 e. The number of hydrogen-bond acceptors (Lipinski definition) is 7. The van der Waals surface area contributed by atoms with E-state index in [1.807, 2.05) is 0 Å². The Balaban J connectivity index is 1.82. The van der Waals surface area contributed by atoms with Crippen molar-refractivity contribution >= 4 is 16.9 Å². The van der Waals surface area contributed by atoms with Crippen LogP contribution in [0.5, 0.6) is 5.75 Å². The molecule has 0 saturated heterocycles. The molecule has 0 amide bonds. The summed E-state index contributed by atoms with van der Waals surface area (Å²) in [4.78, 5) is 24.2. The van der Waals surface area contributed by atoms with E-state index in [1.165, 1.54) is 13.3 Å². The van der Waals surface area contributed by atoms with Crippen LogP contribution < -0.4 is 10.3 Å². The maximum atomic E-state index is 13.6. The van der Waals surface area contributed by atoms with Crippen LogP contribution in [-0.2, 0) is 33.5 Å². The van der Waals surface area contributed by atoms with Crippen molar-refractivity contribution in [3.63, 3.8) is 0 Å². The second-order valence-corrected chi connectivity index (χ2v) is 6.95. The van der Waals surface area contributed by atoms with E-state index in [0.717, 1.165) is 9.36 Å². The summed E-state index contributed by atoms with van der Waals surface area (Å²) in [6.45, 7) is 1.90. The Labute approximate surface area is 186 Å². The zero-order valence-electron chi connectivity index (χ0n) is 18.1. The van der Waals surface area contributed by atoms with Gasteiger partial charge in [0, 0.05) is 0 Å². The smallest absolute Gasteiger partial charge is 0.435 e.